The van der Waals surface area contributed by atoms with Crippen molar-refractivity contribution in [2.75, 3.05) is 25.0 Å². The number of anilines is 1. The number of nitrogens with one attached hydrogen (secondary N) is 1. The van der Waals surface area contributed by atoms with Crippen molar-refractivity contribution in [3.8, 4) is 5.75 Å². The van der Waals surface area contributed by atoms with Crippen LogP contribution in [0.5, 0.6) is 5.75 Å². The summed E-state index contributed by atoms with van der Waals surface area (Å²) < 4.78 is 32.5. The summed E-state index contributed by atoms with van der Waals surface area (Å²) in [4.78, 5) is 4.30. The van der Waals surface area contributed by atoms with Crippen molar-refractivity contribution in [3.05, 3.63) is 47.2 Å². The summed E-state index contributed by atoms with van der Waals surface area (Å²) in [6.45, 7) is 4.09. The maximum absolute atomic E-state index is 12.8. The summed E-state index contributed by atoms with van der Waals surface area (Å²) >= 11 is 6.17. The van der Waals surface area contributed by atoms with Crippen LogP contribution in [-0.2, 0) is 16.6 Å². The number of sulfonamides is 1. The van der Waals surface area contributed by atoms with Gasteiger partial charge in [0.05, 0.1) is 17.8 Å². The summed E-state index contributed by atoms with van der Waals surface area (Å²) in [6.07, 6.45) is 5.18. The monoisotopic (exact) mass is 395 g/mol. The molecule has 0 radical (unpaired) electrons. The second kappa shape index (κ2) is 8.24. The minimum absolute atomic E-state index is 0.146. The van der Waals surface area contributed by atoms with E-state index in [1.165, 1.54) is 4.31 Å². The van der Waals surface area contributed by atoms with Crippen molar-refractivity contribution in [1.82, 2.24) is 9.29 Å². The van der Waals surface area contributed by atoms with Crippen molar-refractivity contribution in [2.45, 2.75) is 31.2 Å². The summed E-state index contributed by atoms with van der Waals surface area (Å²) in [6, 6.07) is 6.88. The standard InChI is InChI=1S/C18H22ClN3O3S/c1-2-25-16-9-14(11-20-13-16)12-21-15-5-6-17(19)18(10-15)26(23,24)22-7-3-4-8-22/h5-6,9-11,13,21H,2-4,7-8,12H2,1H3. The quantitative estimate of drug-likeness (QED) is 0.776. The van der Waals surface area contributed by atoms with E-state index in [1.807, 2.05) is 13.0 Å². The minimum atomic E-state index is -3.56. The van der Waals surface area contributed by atoms with Crippen molar-refractivity contribution in [2.24, 2.45) is 0 Å². The molecule has 2 aromatic rings. The summed E-state index contributed by atoms with van der Waals surface area (Å²) in [5.74, 6) is 0.709. The SMILES string of the molecule is CCOc1cncc(CNc2ccc(Cl)c(S(=O)(=O)N3CCCC3)c2)c1. The number of nitrogens with zero attached hydrogens (tertiary/aromatic N) is 2. The summed E-state index contributed by atoms with van der Waals surface area (Å²) in [5.41, 5.74) is 1.63. The normalized spacial score (nSPS) is 15.2. The Balaban J connectivity index is 1.76. The molecule has 2 heterocycles. The van der Waals surface area contributed by atoms with Gasteiger partial charge in [0.1, 0.15) is 10.6 Å². The Bertz CT molecular complexity index is 868. The number of benzene rings is 1. The van der Waals surface area contributed by atoms with Crippen molar-refractivity contribution >= 4 is 27.3 Å². The predicted octanol–water partition coefficient (Wildman–Crippen LogP) is 3.53. The van der Waals surface area contributed by atoms with E-state index in [0.717, 1.165) is 18.4 Å². The van der Waals surface area contributed by atoms with Crippen LogP contribution < -0.4 is 10.1 Å². The Morgan fingerprint density at radius 1 is 1.23 bits per heavy atom. The first-order chi connectivity index (χ1) is 12.5. The number of hydrogen-bond donors (Lipinski definition) is 1. The first kappa shape index (κ1) is 18.9. The highest BCUT2D eigenvalue weighted by Crippen LogP contribution is 2.29. The van der Waals surface area contributed by atoms with Gasteiger partial charge >= 0.3 is 0 Å². The van der Waals surface area contributed by atoms with Gasteiger partial charge in [-0.3, -0.25) is 4.98 Å². The molecule has 1 saturated heterocycles. The molecule has 1 aliphatic heterocycles. The van der Waals surface area contributed by atoms with Gasteiger partial charge in [0, 0.05) is 31.5 Å². The van der Waals surface area contributed by atoms with E-state index in [0.29, 0.717) is 37.7 Å². The van der Waals surface area contributed by atoms with E-state index in [4.69, 9.17) is 16.3 Å². The average Bonchev–Trinajstić information content (AvgIpc) is 3.17. The Kier molecular flexibility index (Phi) is 6.01. The maximum Gasteiger partial charge on any atom is 0.244 e. The topological polar surface area (TPSA) is 71.5 Å². The lowest BCUT2D eigenvalue weighted by Gasteiger charge is -2.17. The molecule has 1 aromatic heterocycles. The number of ether oxygens (including phenoxy) is 1. The lowest BCUT2D eigenvalue weighted by Crippen LogP contribution is -2.28. The summed E-state index contributed by atoms with van der Waals surface area (Å²) in [7, 11) is -3.56. The molecule has 0 aliphatic carbocycles. The molecule has 0 bridgehead atoms. The molecule has 0 amide bonds. The van der Waals surface area contributed by atoms with Crippen LogP contribution in [0.3, 0.4) is 0 Å². The van der Waals surface area contributed by atoms with Crippen LogP contribution in [0.4, 0.5) is 5.69 Å². The lowest BCUT2D eigenvalue weighted by molar-refractivity contribution is 0.338. The first-order valence-corrected chi connectivity index (χ1v) is 10.4. The van der Waals surface area contributed by atoms with E-state index in [-0.39, 0.29) is 9.92 Å². The molecule has 1 aromatic carbocycles. The van der Waals surface area contributed by atoms with Crippen LogP contribution in [0, 0.1) is 0 Å². The molecule has 140 valence electrons. The number of pyridine rings is 1. The first-order valence-electron chi connectivity index (χ1n) is 8.61. The molecule has 3 rings (SSSR count). The van der Waals surface area contributed by atoms with Crippen molar-refractivity contribution in [1.29, 1.82) is 0 Å². The van der Waals surface area contributed by atoms with Crippen LogP contribution in [-0.4, -0.2) is 37.4 Å². The lowest BCUT2D eigenvalue weighted by atomic mass is 10.2. The van der Waals surface area contributed by atoms with Crippen LogP contribution in [0.2, 0.25) is 5.02 Å². The Morgan fingerprint density at radius 2 is 2.00 bits per heavy atom. The van der Waals surface area contributed by atoms with Crippen LogP contribution in [0.1, 0.15) is 25.3 Å². The molecular formula is C18H22ClN3O3S. The molecule has 0 saturated carbocycles. The van der Waals surface area contributed by atoms with Gasteiger partial charge in [0.2, 0.25) is 10.0 Å². The third kappa shape index (κ3) is 4.28. The highest BCUT2D eigenvalue weighted by Gasteiger charge is 2.29. The molecule has 8 heteroatoms. The fourth-order valence-corrected chi connectivity index (χ4v) is 4.91. The number of rotatable bonds is 7. The van der Waals surface area contributed by atoms with Gasteiger partial charge in [-0.15, -0.1) is 0 Å². The second-order valence-corrected chi connectivity index (χ2v) is 8.39. The summed E-state index contributed by atoms with van der Waals surface area (Å²) in [5, 5.41) is 3.46. The fourth-order valence-electron chi connectivity index (χ4n) is 2.89. The zero-order valence-electron chi connectivity index (χ0n) is 14.6. The number of aromatic nitrogens is 1. The molecule has 0 unspecified atom stereocenters. The Morgan fingerprint density at radius 3 is 2.73 bits per heavy atom. The molecular weight excluding hydrogens is 374 g/mol. The zero-order valence-corrected chi connectivity index (χ0v) is 16.2. The van der Waals surface area contributed by atoms with Gasteiger partial charge in [0.25, 0.3) is 0 Å². The zero-order chi connectivity index (χ0) is 18.6. The van der Waals surface area contributed by atoms with Crippen LogP contribution in [0.25, 0.3) is 0 Å². The van der Waals surface area contributed by atoms with Gasteiger partial charge in [-0.05, 0) is 49.6 Å². The van der Waals surface area contributed by atoms with E-state index in [9.17, 15) is 8.42 Å². The van der Waals surface area contributed by atoms with Crippen LogP contribution in [0.15, 0.2) is 41.6 Å². The van der Waals surface area contributed by atoms with Gasteiger partial charge in [0.15, 0.2) is 0 Å². The third-order valence-electron chi connectivity index (χ3n) is 4.19. The molecule has 26 heavy (non-hydrogen) atoms. The molecule has 1 fully saturated rings. The fraction of sp³-hybridized carbons (Fsp3) is 0.389. The van der Waals surface area contributed by atoms with Crippen LogP contribution >= 0.6 is 11.6 Å². The van der Waals surface area contributed by atoms with Gasteiger partial charge in [-0.25, -0.2) is 8.42 Å². The van der Waals surface area contributed by atoms with E-state index < -0.39 is 10.0 Å². The number of hydrogen-bond acceptors (Lipinski definition) is 5. The van der Waals surface area contributed by atoms with Crippen molar-refractivity contribution in [3.63, 3.8) is 0 Å². The predicted molar refractivity (Wildman–Crippen MR) is 102 cm³/mol. The highest BCUT2D eigenvalue weighted by atomic mass is 35.5. The highest BCUT2D eigenvalue weighted by molar-refractivity contribution is 7.89. The molecule has 0 atom stereocenters. The van der Waals surface area contributed by atoms with E-state index in [1.54, 1.807) is 30.6 Å². The molecule has 1 N–H and O–H groups in total. The van der Waals surface area contributed by atoms with E-state index >= 15 is 0 Å². The minimum Gasteiger partial charge on any atom is -0.492 e. The number of halogens is 1. The Hall–Kier alpha value is -1.83. The smallest absolute Gasteiger partial charge is 0.244 e. The second-order valence-electron chi connectivity index (χ2n) is 6.07. The largest absolute Gasteiger partial charge is 0.492 e. The van der Waals surface area contributed by atoms with E-state index in [2.05, 4.69) is 10.3 Å². The molecule has 1 aliphatic rings. The van der Waals surface area contributed by atoms with Crippen molar-refractivity contribution < 1.29 is 13.2 Å². The maximum atomic E-state index is 12.8. The van der Waals surface area contributed by atoms with Gasteiger partial charge in [-0.2, -0.15) is 4.31 Å². The Labute approximate surface area is 159 Å². The van der Waals surface area contributed by atoms with Gasteiger partial charge < -0.3 is 10.1 Å². The molecule has 6 nitrogen and oxygen atoms in total. The average molecular weight is 396 g/mol. The molecule has 0 spiro atoms. The van der Waals surface area contributed by atoms with Gasteiger partial charge in [-0.1, -0.05) is 11.6 Å². The third-order valence-corrected chi connectivity index (χ3v) is 6.57.